The molecule has 0 saturated heterocycles. The summed E-state index contributed by atoms with van der Waals surface area (Å²) in [5, 5.41) is 4.06. The van der Waals surface area contributed by atoms with Crippen molar-refractivity contribution in [3.63, 3.8) is 0 Å². The van der Waals surface area contributed by atoms with Gasteiger partial charge in [0.15, 0.2) is 0 Å². The number of aromatic nitrogens is 1. The number of nitrogens with zero attached hydrogens (tertiary/aromatic N) is 2. The molecule has 0 aliphatic carbocycles. The van der Waals surface area contributed by atoms with Crippen LogP contribution >= 0.6 is 0 Å². The number of hydrogen-bond acceptors (Lipinski definition) is 5. The number of esters is 1. The van der Waals surface area contributed by atoms with Gasteiger partial charge in [-0.3, -0.25) is 4.79 Å². The summed E-state index contributed by atoms with van der Waals surface area (Å²) in [7, 11) is 1.56. The zero-order valence-corrected chi connectivity index (χ0v) is 17.8. The van der Waals surface area contributed by atoms with E-state index in [1.54, 1.807) is 67.8 Å². The van der Waals surface area contributed by atoms with E-state index in [2.05, 4.69) is 10.5 Å². The minimum absolute atomic E-state index is 0.323. The summed E-state index contributed by atoms with van der Waals surface area (Å²) in [6, 6.07) is 24.6. The summed E-state index contributed by atoms with van der Waals surface area (Å²) < 4.78 is 12.5. The van der Waals surface area contributed by atoms with Crippen molar-refractivity contribution in [2.75, 3.05) is 7.11 Å². The Labute approximate surface area is 190 Å². The molecule has 0 aliphatic heterocycles. The van der Waals surface area contributed by atoms with E-state index in [0.29, 0.717) is 28.2 Å². The van der Waals surface area contributed by atoms with Gasteiger partial charge in [0.25, 0.3) is 5.91 Å². The summed E-state index contributed by atoms with van der Waals surface area (Å²) in [6.07, 6.45) is 5.17. The molecule has 4 aromatic rings. The van der Waals surface area contributed by atoms with Gasteiger partial charge < -0.3 is 14.0 Å². The summed E-state index contributed by atoms with van der Waals surface area (Å²) >= 11 is 0. The fourth-order valence-electron chi connectivity index (χ4n) is 3.17. The molecule has 1 N–H and O–H groups in total. The molecule has 0 aliphatic rings. The second-order valence-electron chi connectivity index (χ2n) is 6.96. The Morgan fingerprint density at radius 3 is 2.33 bits per heavy atom. The van der Waals surface area contributed by atoms with E-state index < -0.39 is 5.97 Å². The third-order valence-corrected chi connectivity index (χ3v) is 4.85. The number of nitrogens with one attached hydrogen (secondary N) is 1. The van der Waals surface area contributed by atoms with Crippen molar-refractivity contribution < 1.29 is 19.1 Å². The Kier molecular flexibility index (Phi) is 6.61. The van der Waals surface area contributed by atoms with Gasteiger partial charge in [0.1, 0.15) is 11.5 Å². The average Bonchev–Trinajstić information content (AvgIpc) is 3.40. The molecule has 0 radical (unpaired) electrons. The van der Waals surface area contributed by atoms with Crippen LogP contribution in [0.15, 0.2) is 102 Å². The minimum Gasteiger partial charge on any atom is -0.497 e. The van der Waals surface area contributed by atoms with Crippen LogP contribution in [0, 0.1) is 0 Å². The van der Waals surface area contributed by atoms with Gasteiger partial charge in [-0.1, -0.05) is 24.3 Å². The monoisotopic (exact) mass is 439 g/mol. The highest BCUT2D eigenvalue weighted by molar-refractivity contribution is 5.98. The highest BCUT2D eigenvalue weighted by Gasteiger charge is 2.13. The van der Waals surface area contributed by atoms with Crippen molar-refractivity contribution in [2.45, 2.75) is 0 Å². The maximum absolute atomic E-state index is 12.7. The van der Waals surface area contributed by atoms with Crippen LogP contribution in [0.25, 0.3) is 5.69 Å². The van der Waals surface area contributed by atoms with Gasteiger partial charge in [-0.25, -0.2) is 10.2 Å². The number of hydrogen-bond donors (Lipinski definition) is 1. The first-order valence-corrected chi connectivity index (χ1v) is 10.2. The largest absolute Gasteiger partial charge is 0.497 e. The predicted octanol–water partition coefficient (Wildman–Crippen LogP) is 4.47. The Morgan fingerprint density at radius 1 is 0.879 bits per heavy atom. The molecule has 7 heteroatoms. The third kappa shape index (κ3) is 5.16. The first-order valence-electron chi connectivity index (χ1n) is 10.2. The zero-order valence-electron chi connectivity index (χ0n) is 17.8. The van der Waals surface area contributed by atoms with Crippen molar-refractivity contribution in [1.29, 1.82) is 0 Å². The van der Waals surface area contributed by atoms with E-state index >= 15 is 0 Å². The fraction of sp³-hybridized carbons (Fsp3) is 0.0385. The van der Waals surface area contributed by atoms with Crippen LogP contribution in [0.4, 0.5) is 0 Å². The Bertz CT molecular complexity index is 1280. The molecule has 3 aromatic carbocycles. The van der Waals surface area contributed by atoms with Gasteiger partial charge in [0.2, 0.25) is 0 Å². The molecule has 0 unspecified atom stereocenters. The van der Waals surface area contributed by atoms with Crippen molar-refractivity contribution in [2.24, 2.45) is 5.10 Å². The predicted molar refractivity (Wildman–Crippen MR) is 125 cm³/mol. The van der Waals surface area contributed by atoms with E-state index in [1.165, 1.54) is 6.21 Å². The molecule has 4 rings (SSSR count). The number of methoxy groups -OCH3 is 1. The fourth-order valence-corrected chi connectivity index (χ4v) is 3.17. The average molecular weight is 439 g/mol. The molecule has 0 saturated carbocycles. The van der Waals surface area contributed by atoms with Crippen LogP contribution < -0.4 is 14.9 Å². The number of carbonyl (C=O) groups excluding carboxylic acids is 2. The van der Waals surface area contributed by atoms with Crippen molar-refractivity contribution in [3.8, 4) is 17.2 Å². The molecule has 33 heavy (non-hydrogen) atoms. The van der Waals surface area contributed by atoms with E-state index in [9.17, 15) is 9.59 Å². The van der Waals surface area contributed by atoms with E-state index in [1.807, 2.05) is 41.2 Å². The molecular formula is C26H21N3O4. The number of benzene rings is 3. The lowest BCUT2D eigenvalue weighted by Crippen LogP contribution is -2.19. The van der Waals surface area contributed by atoms with Crippen LogP contribution in [0.3, 0.4) is 0 Å². The van der Waals surface area contributed by atoms with Crippen LogP contribution in [0.5, 0.6) is 11.5 Å². The lowest BCUT2D eigenvalue weighted by atomic mass is 10.1. The molecule has 7 nitrogen and oxygen atoms in total. The number of rotatable bonds is 7. The van der Waals surface area contributed by atoms with Crippen molar-refractivity contribution in [3.05, 3.63) is 114 Å². The molecular weight excluding hydrogens is 418 g/mol. The normalized spacial score (nSPS) is 10.7. The molecule has 0 bridgehead atoms. The summed E-state index contributed by atoms with van der Waals surface area (Å²) in [5.74, 6) is 0.101. The third-order valence-electron chi connectivity index (χ3n) is 4.85. The van der Waals surface area contributed by atoms with Crippen molar-refractivity contribution >= 4 is 18.1 Å². The van der Waals surface area contributed by atoms with Gasteiger partial charge in [-0.2, -0.15) is 5.10 Å². The number of hydrazone groups is 1. The second-order valence-corrected chi connectivity index (χ2v) is 6.96. The van der Waals surface area contributed by atoms with Crippen molar-refractivity contribution in [1.82, 2.24) is 9.99 Å². The Hall–Kier alpha value is -4.65. The van der Waals surface area contributed by atoms with Crippen LogP contribution in [-0.4, -0.2) is 29.8 Å². The molecule has 0 spiro atoms. The standard InChI is InChI=1S/C26H21N3O4/c1-32-21-14-12-19(13-15-21)26(31)33-24-11-5-2-8-20(24)18-27-28-25(30)22-9-3-4-10-23(22)29-16-6-7-17-29/h2-18H,1H3,(H,28,30)/b27-18-. The SMILES string of the molecule is COc1ccc(C(=O)Oc2ccccc2/C=N\NC(=O)c2ccccc2-n2cccc2)cc1. The summed E-state index contributed by atoms with van der Waals surface area (Å²) in [4.78, 5) is 25.2. The molecule has 1 amide bonds. The molecule has 164 valence electrons. The number of carbonyl (C=O) groups is 2. The molecule has 1 aromatic heterocycles. The van der Waals surface area contributed by atoms with Crippen LogP contribution in [0.1, 0.15) is 26.3 Å². The van der Waals surface area contributed by atoms with Crippen LogP contribution in [-0.2, 0) is 0 Å². The zero-order chi connectivity index (χ0) is 23.0. The van der Waals surface area contributed by atoms with Gasteiger partial charge in [-0.05, 0) is 60.7 Å². The van der Waals surface area contributed by atoms with E-state index in [0.717, 1.165) is 5.69 Å². The Morgan fingerprint density at radius 2 is 1.58 bits per heavy atom. The number of para-hydroxylation sites is 2. The second kappa shape index (κ2) is 10.1. The maximum atomic E-state index is 12.7. The van der Waals surface area contributed by atoms with Crippen LogP contribution in [0.2, 0.25) is 0 Å². The van der Waals surface area contributed by atoms with Gasteiger partial charge in [0.05, 0.1) is 30.1 Å². The number of amides is 1. The topological polar surface area (TPSA) is 81.9 Å². The molecule has 1 heterocycles. The van der Waals surface area contributed by atoms with Gasteiger partial charge >= 0.3 is 5.97 Å². The summed E-state index contributed by atoms with van der Waals surface area (Å²) in [6.45, 7) is 0. The van der Waals surface area contributed by atoms with Gasteiger partial charge in [0, 0.05) is 18.0 Å². The minimum atomic E-state index is -0.511. The highest BCUT2D eigenvalue weighted by Crippen LogP contribution is 2.19. The first-order chi connectivity index (χ1) is 16.2. The smallest absolute Gasteiger partial charge is 0.343 e. The molecule has 0 atom stereocenters. The summed E-state index contributed by atoms with van der Waals surface area (Å²) in [5.41, 5.74) is 4.68. The van der Waals surface area contributed by atoms with E-state index in [4.69, 9.17) is 9.47 Å². The number of ether oxygens (including phenoxy) is 2. The van der Waals surface area contributed by atoms with E-state index in [-0.39, 0.29) is 5.91 Å². The first kappa shape index (κ1) is 21.6. The lowest BCUT2D eigenvalue weighted by Gasteiger charge is -2.09. The lowest BCUT2D eigenvalue weighted by molar-refractivity contribution is 0.0734. The highest BCUT2D eigenvalue weighted by atomic mass is 16.5. The quantitative estimate of drug-likeness (QED) is 0.199. The Balaban J connectivity index is 1.46. The van der Waals surface area contributed by atoms with Gasteiger partial charge in [-0.15, -0.1) is 0 Å². The maximum Gasteiger partial charge on any atom is 0.343 e. The molecule has 0 fully saturated rings.